The van der Waals surface area contributed by atoms with Crippen LogP contribution < -0.4 is 31.9 Å². The van der Waals surface area contributed by atoms with Crippen molar-refractivity contribution in [3.05, 3.63) is 36.0 Å². The maximum atomic E-state index is 14.2. The average molecular weight is 685 g/mol. The standard InChI is InChI=1S/C32H44N8O9/c1-3-17(2)27-31(48)37-21(11-18-12-33-20-8-5-4-7-19(18)20)32(49)40-10-6-9-24(40)30(47)35-13-25(43)34-14-26(44)36-22(15-41)28(45)38-23(16-42)29(46)39-27/h4-5,7-8,12,17,21-24,27,33,41-42H,3,6,9-11,13-16H2,1-2H3,(H,34,43)(H,35,47)(H,36,44)(H,37,48)(H,38,45)(H,39,46). The smallest absolute Gasteiger partial charge is 0.246 e. The van der Waals surface area contributed by atoms with Crippen molar-refractivity contribution in [1.29, 1.82) is 0 Å². The largest absolute Gasteiger partial charge is 0.394 e. The minimum Gasteiger partial charge on any atom is -0.394 e. The summed E-state index contributed by atoms with van der Waals surface area (Å²) in [5.41, 5.74) is 1.54. The number of carbonyl (C=O) groups is 7. The Morgan fingerprint density at radius 1 is 0.796 bits per heavy atom. The van der Waals surface area contributed by atoms with E-state index in [9.17, 15) is 43.8 Å². The molecule has 17 heteroatoms. The first-order chi connectivity index (χ1) is 23.5. The molecule has 6 unspecified atom stereocenters. The van der Waals surface area contributed by atoms with E-state index in [4.69, 9.17) is 0 Å². The van der Waals surface area contributed by atoms with E-state index in [1.165, 1.54) is 4.90 Å². The van der Waals surface area contributed by atoms with E-state index < -0.39 is 104 Å². The lowest BCUT2D eigenvalue weighted by Crippen LogP contribution is -2.61. The molecular formula is C32H44N8O9. The number of carbonyl (C=O) groups excluding carboxylic acids is 7. The average Bonchev–Trinajstić information content (AvgIpc) is 3.76. The third-order valence-corrected chi connectivity index (χ3v) is 8.86. The minimum absolute atomic E-state index is 0.0436. The predicted octanol–water partition coefficient (Wildman–Crippen LogP) is -3.08. The van der Waals surface area contributed by atoms with Crippen molar-refractivity contribution in [1.82, 2.24) is 41.8 Å². The third-order valence-electron chi connectivity index (χ3n) is 8.86. The number of H-pyrrole nitrogens is 1. The van der Waals surface area contributed by atoms with E-state index in [1.807, 2.05) is 24.3 Å². The molecule has 1 aromatic heterocycles. The van der Waals surface area contributed by atoms with Gasteiger partial charge in [0.1, 0.15) is 30.2 Å². The lowest BCUT2D eigenvalue weighted by atomic mass is 9.96. The topological polar surface area (TPSA) is 251 Å². The van der Waals surface area contributed by atoms with Gasteiger partial charge in [0.15, 0.2) is 0 Å². The van der Waals surface area contributed by atoms with Gasteiger partial charge in [-0.1, -0.05) is 38.5 Å². The van der Waals surface area contributed by atoms with Crippen molar-refractivity contribution in [2.75, 3.05) is 32.8 Å². The molecule has 9 N–H and O–H groups in total. The number of aromatic nitrogens is 1. The van der Waals surface area contributed by atoms with Crippen molar-refractivity contribution in [3.63, 3.8) is 0 Å². The fraction of sp³-hybridized carbons (Fsp3) is 0.531. The van der Waals surface area contributed by atoms with Gasteiger partial charge in [0.2, 0.25) is 41.4 Å². The SMILES string of the molecule is CCC(C)C1NC(=O)C(CO)NC(=O)C(CO)NC(=O)CNC(=O)CNC(=O)C2CCCN2C(=O)C(Cc2c[nH]c3ccccc23)NC1=O. The molecule has 1 aromatic carbocycles. The van der Waals surface area contributed by atoms with Crippen molar-refractivity contribution in [2.45, 2.75) is 69.7 Å². The first kappa shape index (κ1) is 36.8. The van der Waals surface area contributed by atoms with Gasteiger partial charge in [-0.15, -0.1) is 0 Å². The summed E-state index contributed by atoms with van der Waals surface area (Å²) in [6, 6.07) is 1.00. The highest BCUT2D eigenvalue weighted by atomic mass is 16.3. The number of hydrogen-bond donors (Lipinski definition) is 9. The number of nitrogens with zero attached hydrogens (tertiary/aromatic N) is 1. The Bertz CT molecular complexity index is 1560. The molecule has 49 heavy (non-hydrogen) atoms. The highest BCUT2D eigenvalue weighted by molar-refractivity contribution is 5.98. The van der Waals surface area contributed by atoms with Gasteiger partial charge >= 0.3 is 0 Å². The first-order valence-corrected chi connectivity index (χ1v) is 16.3. The van der Waals surface area contributed by atoms with Crippen LogP contribution in [0.3, 0.4) is 0 Å². The highest BCUT2D eigenvalue weighted by Crippen LogP contribution is 2.23. The zero-order valence-corrected chi connectivity index (χ0v) is 27.4. The number of nitrogens with one attached hydrogen (secondary N) is 7. The van der Waals surface area contributed by atoms with Crippen molar-refractivity contribution < 1.29 is 43.8 Å². The van der Waals surface area contributed by atoms with Gasteiger partial charge in [-0.05, 0) is 30.4 Å². The monoisotopic (exact) mass is 684 g/mol. The Labute approximate surface area is 282 Å². The van der Waals surface area contributed by atoms with Crippen LogP contribution >= 0.6 is 0 Å². The number of fused-ring (bicyclic) bond motifs is 2. The van der Waals surface area contributed by atoms with Crippen LogP contribution in [0.4, 0.5) is 0 Å². The van der Waals surface area contributed by atoms with Crippen molar-refractivity contribution in [2.24, 2.45) is 5.92 Å². The maximum absolute atomic E-state index is 14.2. The van der Waals surface area contributed by atoms with Crippen LogP contribution in [0.15, 0.2) is 30.5 Å². The summed E-state index contributed by atoms with van der Waals surface area (Å²) in [5, 5.41) is 35.2. The molecular weight excluding hydrogens is 640 g/mol. The molecule has 2 aromatic rings. The summed E-state index contributed by atoms with van der Waals surface area (Å²) in [5.74, 6) is -5.81. The number of rotatable bonds is 6. The van der Waals surface area contributed by atoms with Crippen LogP contribution in [0, 0.1) is 5.92 Å². The van der Waals surface area contributed by atoms with Crippen molar-refractivity contribution >= 4 is 52.3 Å². The van der Waals surface area contributed by atoms with Gasteiger partial charge in [-0.3, -0.25) is 33.6 Å². The van der Waals surface area contributed by atoms with Crippen LogP contribution in [0.1, 0.15) is 38.7 Å². The maximum Gasteiger partial charge on any atom is 0.246 e. The number of aromatic amines is 1. The Hall–Kier alpha value is -5.03. The Kier molecular flexibility index (Phi) is 12.7. The molecule has 2 aliphatic rings. The van der Waals surface area contributed by atoms with Gasteiger partial charge in [0, 0.05) is 30.1 Å². The number of para-hydroxylation sites is 1. The Morgan fingerprint density at radius 3 is 2.16 bits per heavy atom. The van der Waals surface area contributed by atoms with Crippen LogP contribution in [0.5, 0.6) is 0 Å². The second-order valence-corrected chi connectivity index (χ2v) is 12.2. The molecule has 0 aliphatic carbocycles. The van der Waals surface area contributed by atoms with Crippen LogP contribution in [0.2, 0.25) is 0 Å². The van der Waals surface area contributed by atoms with E-state index in [-0.39, 0.29) is 13.0 Å². The zero-order chi connectivity index (χ0) is 35.7. The fourth-order valence-corrected chi connectivity index (χ4v) is 5.87. The molecule has 0 bridgehead atoms. The van der Waals surface area contributed by atoms with Gasteiger partial charge in [-0.2, -0.15) is 0 Å². The quantitative estimate of drug-likeness (QED) is 0.149. The van der Waals surface area contributed by atoms with Gasteiger partial charge in [0.25, 0.3) is 0 Å². The number of aliphatic hydroxyl groups is 2. The summed E-state index contributed by atoms with van der Waals surface area (Å²) < 4.78 is 0. The van der Waals surface area contributed by atoms with E-state index in [2.05, 4.69) is 36.9 Å². The fourth-order valence-electron chi connectivity index (χ4n) is 5.87. The Morgan fingerprint density at radius 2 is 1.45 bits per heavy atom. The Balaban J connectivity index is 1.69. The molecule has 0 saturated carbocycles. The molecule has 2 fully saturated rings. The molecule has 7 amide bonds. The summed E-state index contributed by atoms with van der Waals surface area (Å²) in [6.45, 7) is 0.867. The molecule has 266 valence electrons. The molecule has 3 heterocycles. The second-order valence-electron chi connectivity index (χ2n) is 12.2. The summed E-state index contributed by atoms with van der Waals surface area (Å²) in [6.07, 6.45) is 3.01. The molecule has 2 saturated heterocycles. The lowest BCUT2D eigenvalue weighted by molar-refractivity contribution is -0.142. The highest BCUT2D eigenvalue weighted by Gasteiger charge is 2.40. The van der Waals surface area contributed by atoms with E-state index >= 15 is 0 Å². The van der Waals surface area contributed by atoms with Gasteiger partial charge < -0.3 is 52.0 Å². The molecule has 17 nitrogen and oxygen atoms in total. The van der Waals surface area contributed by atoms with Crippen LogP contribution in [-0.2, 0) is 40.0 Å². The van der Waals surface area contributed by atoms with E-state index in [0.717, 1.165) is 16.5 Å². The minimum atomic E-state index is -1.57. The number of aliphatic hydroxyl groups excluding tert-OH is 2. The van der Waals surface area contributed by atoms with Crippen LogP contribution in [-0.4, -0.2) is 125 Å². The molecule has 4 rings (SSSR count). The molecule has 6 atom stereocenters. The number of amides is 7. The number of benzene rings is 1. The lowest BCUT2D eigenvalue weighted by Gasteiger charge is -2.31. The van der Waals surface area contributed by atoms with Crippen LogP contribution in [0.25, 0.3) is 10.9 Å². The zero-order valence-electron chi connectivity index (χ0n) is 27.4. The normalized spacial score (nSPS) is 26.0. The molecule has 0 radical (unpaired) electrons. The second kappa shape index (κ2) is 16.9. The van der Waals surface area contributed by atoms with E-state index in [0.29, 0.717) is 19.3 Å². The van der Waals surface area contributed by atoms with E-state index in [1.54, 1.807) is 20.0 Å². The number of hydrogen-bond acceptors (Lipinski definition) is 9. The molecule has 0 spiro atoms. The van der Waals surface area contributed by atoms with Gasteiger partial charge in [0.05, 0.1) is 26.3 Å². The third kappa shape index (κ3) is 9.11. The first-order valence-electron chi connectivity index (χ1n) is 16.3. The predicted molar refractivity (Wildman–Crippen MR) is 174 cm³/mol. The molecule has 2 aliphatic heterocycles. The summed E-state index contributed by atoms with van der Waals surface area (Å²) in [4.78, 5) is 96.9. The van der Waals surface area contributed by atoms with Crippen molar-refractivity contribution in [3.8, 4) is 0 Å². The van der Waals surface area contributed by atoms with Gasteiger partial charge in [-0.25, -0.2) is 0 Å². The summed E-state index contributed by atoms with van der Waals surface area (Å²) >= 11 is 0. The summed E-state index contributed by atoms with van der Waals surface area (Å²) in [7, 11) is 0.